The van der Waals surface area contributed by atoms with Crippen molar-refractivity contribution in [1.29, 1.82) is 0 Å². The lowest BCUT2D eigenvalue weighted by Gasteiger charge is -2.30. The molecule has 0 heterocycles. The van der Waals surface area contributed by atoms with Gasteiger partial charge < -0.3 is 30.9 Å². The maximum Gasteiger partial charge on any atom is 0.334 e. The fourth-order valence-corrected chi connectivity index (χ4v) is 4.91. The van der Waals surface area contributed by atoms with E-state index in [2.05, 4.69) is 59.4 Å². The van der Waals surface area contributed by atoms with Crippen LogP contribution in [0.3, 0.4) is 0 Å². The van der Waals surface area contributed by atoms with Gasteiger partial charge in [-0.25, -0.2) is 4.79 Å². The molecule has 0 aromatic heterocycles. The Morgan fingerprint density at radius 3 is 2.21 bits per heavy atom. The number of benzene rings is 3. The lowest BCUT2D eigenvalue weighted by molar-refractivity contribution is -0.146. The largest absolute Gasteiger partial charge is 0.479 e. The van der Waals surface area contributed by atoms with E-state index in [0.29, 0.717) is 17.1 Å². The molecule has 3 aromatic rings. The number of aliphatic carboxylic acids is 1. The Bertz CT molecular complexity index is 1390. The van der Waals surface area contributed by atoms with Crippen LogP contribution >= 0.6 is 11.6 Å². The Balaban J connectivity index is 0.00000248. The molecule has 43 heavy (non-hydrogen) atoms. The van der Waals surface area contributed by atoms with Crippen molar-refractivity contribution in [2.45, 2.75) is 51.3 Å². The number of allylic oxidation sites excluding steroid dienone is 2. The number of nitrogens with one attached hydrogen (secondary N) is 2. The summed E-state index contributed by atoms with van der Waals surface area (Å²) >= 11 is 6.08. The van der Waals surface area contributed by atoms with E-state index in [4.69, 9.17) is 21.8 Å². The molecule has 0 spiro atoms. The Hall–Kier alpha value is -4.11. The van der Waals surface area contributed by atoms with Crippen LogP contribution in [0.5, 0.6) is 0 Å². The summed E-state index contributed by atoms with van der Waals surface area (Å²) in [7, 11) is 1.00. The number of carbonyl (C=O) groups is 2. The molecule has 0 saturated carbocycles. The lowest BCUT2D eigenvalue weighted by Crippen LogP contribution is -2.36. The molecule has 1 aliphatic rings. The maximum atomic E-state index is 12.4. The highest BCUT2D eigenvalue weighted by Crippen LogP contribution is 2.30. The topological polar surface area (TPSA) is 122 Å². The van der Waals surface area contributed by atoms with Crippen molar-refractivity contribution in [2.24, 2.45) is 0 Å². The van der Waals surface area contributed by atoms with Gasteiger partial charge >= 0.3 is 5.97 Å². The van der Waals surface area contributed by atoms with E-state index in [9.17, 15) is 14.7 Å². The van der Waals surface area contributed by atoms with Gasteiger partial charge in [0.05, 0.1) is 12.4 Å². The van der Waals surface area contributed by atoms with Gasteiger partial charge in [0.2, 0.25) is 0 Å². The first-order chi connectivity index (χ1) is 20.7. The molecule has 0 fully saturated rings. The summed E-state index contributed by atoms with van der Waals surface area (Å²) in [4.78, 5) is 25.3. The van der Waals surface area contributed by atoms with Gasteiger partial charge in [-0.15, -0.1) is 0 Å². The van der Waals surface area contributed by atoms with Gasteiger partial charge in [-0.1, -0.05) is 60.7 Å². The number of rotatable bonds is 12. The van der Waals surface area contributed by atoms with Crippen molar-refractivity contribution in [3.05, 3.63) is 119 Å². The first-order valence-corrected chi connectivity index (χ1v) is 14.6. The summed E-state index contributed by atoms with van der Waals surface area (Å²) < 4.78 is 0. The number of carbonyl (C=O) groups excluding carboxylic acids is 1. The summed E-state index contributed by atoms with van der Waals surface area (Å²) in [5.41, 5.74) is 6.02. The average molecular weight is 606 g/mol. The van der Waals surface area contributed by atoms with E-state index in [1.54, 1.807) is 12.1 Å². The van der Waals surface area contributed by atoms with Crippen LogP contribution in [0, 0.1) is 0 Å². The predicted octanol–water partition coefficient (Wildman–Crippen LogP) is 5.91. The molecule has 0 bridgehead atoms. The summed E-state index contributed by atoms with van der Waals surface area (Å²) in [6.07, 6.45) is 5.38. The van der Waals surface area contributed by atoms with Crippen LogP contribution < -0.4 is 15.5 Å². The minimum atomic E-state index is -1.65. The Kier molecular flexibility index (Phi) is 12.8. The average Bonchev–Trinajstić information content (AvgIpc) is 3.04. The second-order valence-corrected chi connectivity index (χ2v) is 10.7. The van der Waals surface area contributed by atoms with Gasteiger partial charge in [0.25, 0.3) is 5.91 Å². The molecular weight excluding hydrogens is 566 g/mol. The van der Waals surface area contributed by atoms with E-state index in [-0.39, 0.29) is 12.6 Å². The Morgan fingerprint density at radius 2 is 1.63 bits per heavy atom. The molecule has 1 amide bonds. The number of amides is 1. The lowest BCUT2D eigenvalue weighted by atomic mass is 9.93. The summed E-state index contributed by atoms with van der Waals surface area (Å²) in [6, 6.07) is 23.3. The third-order valence-corrected chi connectivity index (χ3v) is 7.47. The molecule has 8 nitrogen and oxygen atoms in total. The number of aliphatic hydroxyl groups is 2. The van der Waals surface area contributed by atoms with Crippen LogP contribution in [0.1, 0.15) is 65.7 Å². The standard InChI is InChI=1S/C33H36ClN3O4.CH4O/c1-22(25-12-16-29(34)17-13-25)36-23(2)37(30-18-14-27(15-19-30)26-6-4-3-5-7-26)21-24-8-10-28(11-9-24)32(39)35-20-31(38)33(40)41;1-2/h6,8-19,22,31,36,38H,2-5,7,20-21H2,1H3,(H,35,39)(H,40,41);2H,1H3. The molecule has 0 radical (unpaired) electrons. The first-order valence-electron chi connectivity index (χ1n) is 14.2. The molecule has 3 aromatic carbocycles. The van der Waals surface area contributed by atoms with Crippen LogP contribution in [0.4, 0.5) is 5.69 Å². The molecule has 0 saturated heterocycles. The highest BCUT2D eigenvalue weighted by molar-refractivity contribution is 6.30. The monoisotopic (exact) mass is 605 g/mol. The highest BCUT2D eigenvalue weighted by atomic mass is 35.5. The fraction of sp³-hybridized carbons (Fsp3) is 0.294. The number of hydrogen-bond donors (Lipinski definition) is 5. The second-order valence-electron chi connectivity index (χ2n) is 10.2. The first kappa shape index (κ1) is 33.4. The smallest absolute Gasteiger partial charge is 0.334 e. The normalized spacial score (nSPS) is 13.8. The molecule has 5 N–H and O–H groups in total. The third-order valence-electron chi connectivity index (χ3n) is 7.22. The van der Waals surface area contributed by atoms with Crippen LogP contribution in [0.2, 0.25) is 5.02 Å². The molecule has 1 aliphatic carbocycles. The Labute approximate surface area is 258 Å². The summed E-state index contributed by atoms with van der Waals surface area (Å²) in [6.45, 7) is 6.57. The van der Waals surface area contributed by atoms with Crippen molar-refractivity contribution in [3.63, 3.8) is 0 Å². The summed E-state index contributed by atoms with van der Waals surface area (Å²) in [5, 5.41) is 31.9. The van der Waals surface area contributed by atoms with Gasteiger partial charge in [0, 0.05) is 36.0 Å². The number of anilines is 1. The Morgan fingerprint density at radius 1 is 0.977 bits per heavy atom. The van der Waals surface area contributed by atoms with E-state index in [1.807, 2.05) is 36.4 Å². The van der Waals surface area contributed by atoms with Crippen molar-refractivity contribution in [3.8, 4) is 0 Å². The number of aliphatic hydroxyl groups excluding tert-OH is 2. The molecule has 2 atom stereocenters. The minimum absolute atomic E-state index is 0.0128. The second kappa shape index (κ2) is 16.5. The minimum Gasteiger partial charge on any atom is -0.479 e. The van der Waals surface area contributed by atoms with E-state index in [0.717, 1.165) is 42.6 Å². The third kappa shape index (κ3) is 9.71. The molecular formula is C34H40ClN3O5. The number of carboxylic acids is 1. The van der Waals surface area contributed by atoms with Gasteiger partial charge in [-0.05, 0) is 91.3 Å². The predicted molar refractivity (Wildman–Crippen MR) is 172 cm³/mol. The van der Waals surface area contributed by atoms with Crippen molar-refractivity contribution < 1.29 is 24.9 Å². The number of halogens is 1. The van der Waals surface area contributed by atoms with Crippen LogP contribution in [-0.4, -0.2) is 47.0 Å². The highest BCUT2D eigenvalue weighted by Gasteiger charge is 2.17. The molecule has 4 rings (SSSR count). The van der Waals surface area contributed by atoms with Crippen molar-refractivity contribution in [2.75, 3.05) is 18.6 Å². The van der Waals surface area contributed by atoms with E-state index < -0.39 is 18.0 Å². The number of nitrogens with zero attached hydrogens (tertiary/aromatic N) is 1. The van der Waals surface area contributed by atoms with E-state index >= 15 is 0 Å². The van der Waals surface area contributed by atoms with Gasteiger partial charge in [-0.2, -0.15) is 0 Å². The zero-order chi connectivity index (χ0) is 31.4. The van der Waals surface area contributed by atoms with Crippen LogP contribution in [-0.2, 0) is 11.3 Å². The molecule has 228 valence electrons. The van der Waals surface area contributed by atoms with Crippen molar-refractivity contribution >= 4 is 34.7 Å². The van der Waals surface area contributed by atoms with Gasteiger partial charge in [0.1, 0.15) is 0 Å². The quantitative estimate of drug-likeness (QED) is 0.174. The number of hydrogen-bond acceptors (Lipinski definition) is 6. The van der Waals surface area contributed by atoms with Crippen LogP contribution in [0.15, 0.2) is 91.3 Å². The summed E-state index contributed by atoms with van der Waals surface area (Å²) in [5.74, 6) is -1.12. The van der Waals surface area contributed by atoms with Crippen molar-refractivity contribution in [1.82, 2.24) is 10.6 Å². The van der Waals surface area contributed by atoms with Gasteiger partial charge in [0.15, 0.2) is 6.10 Å². The maximum absolute atomic E-state index is 12.4. The molecule has 9 heteroatoms. The van der Waals surface area contributed by atoms with E-state index in [1.165, 1.54) is 24.0 Å². The SMILES string of the molecule is C=C(NC(C)c1ccc(Cl)cc1)N(Cc1ccc(C(=O)NCC(O)C(=O)O)cc1)c1ccc(C2=CCCCC2)cc1.CO. The number of carboxylic acid groups (broad SMARTS) is 1. The molecule has 2 unspecified atom stereocenters. The molecule has 0 aliphatic heterocycles. The fourth-order valence-electron chi connectivity index (χ4n) is 4.78. The zero-order valence-corrected chi connectivity index (χ0v) is 25.3. The van der Waals surface area contributed by atoms with Gasteiger partial charge in [-0.3, -0.25) is 4.79 Å². The van der Waals surface area contributed by atoms with Crippen LogP contribution in [0.25, 0.3) is 5.57 Å². The zero-order valence-electron chi connectivity index (χ0n) is 24.6.